The van der Waals surface area contributed by atoms with Gasteiger partial charge in [-0.25, -0.2) is 9.36 Å². The van der Waals surface area contributed by atoms with E-state index >= 15 is 0 Å². The lowest BCUT2D eigenvalue weighted by molar-refractivity contribution is 0.192. The molecule has 0 atom stereocenters. The van der Waals surface area contributed by atoms with Crippen LogP contribution in [-0.2, 0) is 6.67 Å². The second-order valence-electron chi connectivity index (χ2n) is 7.22. The number of benzene rings is 1. The number of aromatic nitrogens is 4. The van der Waals surface area contributed by atoms with Gasteiger partial charge in [-0.2, -0.15) is 0 Å². The Morgan fingerprint density at radius 3 is 2.54 bits per heavy atom. The molecule has 140 valence electrons. The zero-order valence-corrected chi connectivity index (χ0v) is 16.5. The summed E-state index contributed by atoms with van der Waals surface area (Å²) in [5.74, 6) is 0. The lowest BCUT2D eigenvalue weighted by Gasteiger charge is -2.35. The van der Waals surface area contributed by atoms with E-state index in [4.69, 9.17) is 23.8 Å². The molecule has 1 aliphatic heterocycles. The minimum Gasteiger partial charge on any atom is -0.369 e. The van der Waals surface area contributed by atoms with Gasteiger partial charge in [0.2, 0.25) is 4.77 Å². The molecule has 0 radical (unpaired) electrons. The zero-order valence-electron chi connectivity index (χ0n) is 14.9. The molecule has 0 unspecified atom stereocenters. The van der Waals surface area contributed by atoms with Gasteiger partial charge in [0, 0.05) is 36.9 Å². The maximum atomic E-state index is 6.11. The minimum absolute atomic E-state index is 0.435. The van der Waals surface area contributed by atoms with Gasteiger partial charge < -0.3 is 4.90 Å². The van der Waals surface area contributed by atoms with E-state index in [2.05, 4.69) is 26.3 Å². The molecule has 1 aliphatic carbocycles. The Bertz CT molecular complexity index is 789. The van der Waals surface area contributed by atoms with E-state index in [0.717, 1.165) is 42.6 Å². The molecule has 4 rings (SSSR count). The molecule has 1 aromatic heterocycles. The number of rotatable bonds is 4. The zero-order chi connectivity index (χ0) is 17.9. The Morgan fingerprint density at radius 1 is 1.04 bits per heavy atom. The van der Waals surface area contributed by atoms with Crippen LogP contribution >= 0.6 is 23.8 Å². The van der Waals surface area contributed by atoms with Crippen LogP contribution in [0.5, 0.6) is 0 Å². The highest BCUT2D eigenvalue weighted by Crippen LogP contribution is 2.27. The van der Waals surface area contributed by atoms with E-state index in [1.807, 2.05) is 27.6 Å². The van der Waals surface area contributed by atoms with Gasteiger partial charge in [-0.05, 0) is 53.7 Å². The molecule has 2 heterocycles. The maximum Gasteiger partial charge on any atom is 0.217 e. The van der Waals surface area contributed by atoms with Gasteiger partial charge in [-0.1, -0.05) is 36.9 Å². The predicted molar refractivity (Wildman–Crippen MR) is 106 cm³/mol. The number of tetrazole rings is 1. The molecule has 0 N–H and O–H groups in total. The fraction of sp³-hybridized carbons (Fsp3) is 0.611. The summed E-state index contributed by atoms with van der Waals surface area (Å²) in [6, 6.07) is 8.51. The Kier molecular flexibility index (Phi) is 5.57. The Balaban J connectivity index is 1.36. The monoisotopic (exact) mass is 392 g/mol. The molecule has 2 fully saturated rings. The summed E-state index contributed by atoms with van der Waals surface area (Å²) in [4.78, 5) is 4.76. The molecule has 0 spiro atoms. The maximum absolute atomic E-state index is 6.11. The summed E-state index contributed by atoms with van der Waals surface area (Å²) < 4.78 is 4.60. The third kappa shape index (κ3) is 3.94. The first-order chi connectivity index (χ1) is 12.7. The van der Waals surface area contributed by atoms with Crippen molar-refractivity contribution >= 4 is 29.5 Å². The van der Waals surface area contributed by atoms with E-state index in [9.17, 15) is 0 Å². The molecule has 2 aliphatic rings. The van der Waals surface area contributed by atoms with Crippen molar-refractivity contribution in [2.45, 2.75) is 44.8 Å². The molecule has 2 aromatic rings. The number of piperazine rings is 1. The van der Waals surface area contributed by atoms with Gasteiger partial charge in [0.05, 0.1) is 12.7 Å². The fourth-order valence-electron chi connectivity index (χ4n) is 3.94. The Hall–Kier alpha value is -1.44. The summed E-state index contributed by atoms with van der Waals surface area (Å²) in [6.07, 6.45) is 6.21. The summed E-state index contributed by atoms with van der Waals surface area (Å²) in [5.41, 5.74) is 1.19. The van der Waals surface area contributed by atoms with Gasteiger partial charge in [0.1, 0.15) is 0 Å². The molecule has 1 aromatic carbocycles. The number of halogens is 1. The SMILES string of the molecule is S=c1n(CN2CCN(c3cccc(Cl)c3)CC2)nnn1C1CCCCC1. The van der Waals surface area contributed by atoms with E-state index in [0.29, 0.717) is 6.04 Å². The van der Waals surface area contributed by atoms with Crippen LogP contribution in [0.15, 0.2) is 24.3 Å². The van der Waals surface area contributed by atoms with E-state index in [-0.39, 0.29) is 0 Å². The van der Waals surface area contributed by atoms with Crippen molar-refractivity contribution in [3.8, 4) is 0 Å². The fourth-order valence-corrected chi connectivity index (χ4v) is 4.40. The average Bonchev–Trinajstić information content (AvgIpc) is 3.03. The highest BCUT2D eigenvalue weighted by molar-refractivity contribution is 7.71. The highest BCUT2D eigenvalue weighted by Gasteiger charge is 2.21. The first-order valence-electron chi connectivity index (χ1n) is 9.46. The van der Waals surface area contributed by atoms with Crippen LogP contribution in [0, 0.1) is 4.77 Å². The van der Waals surface area contributed by atoms with Crippen LogP contribution in [0.1, 0.15) is 38.1 Å². The van der Waals surface area contributed by atoms with Crippen LogP contribution in [0.2, 0.25) is 5.02 Å². The van der Waals surface area contributed by atoms with Crippen molar-refractivity contribution in [2.24, 2.45) is 0 Å². The van der Waals surface area contributed by atoms with Crippen LogP contribution in [-0.4, -0.2) is 50.9 Å². The predicted octanol–water partition coefficient (Wildman–Crippen LogP) is 3.75. The molecule has 1 saturated carbocycles. The molecule has 0 amide bonds. The standard InChI is InChI=1S/C18H25ClN6S/c19-15-5-4-8-17(13-15)23-11-9-22(10-12-23)14-24-18(26)25(21-20-24)16-6-2-1-3-7-16/h4-5,8,13,16H,1-3,6-7,9-12,14H2. The summed E-state index contributed by atoms with van der Waals surface area (Å²) in [5, 5.41) is 9.46. The van der Waals surface area contributed by atoms with E-state index in [1.54, 1.807) is 0 Å². The number of anilines is 1. The minimum atomic E-state index is 0.435. The van der Waals surface area contributed by atoms with Gasteiger partial charge in [-0.3, -0.25) is 4.90 Å². The van der Waals surface area contributed by atoms with Crippen LogP contribution in [0.3, 0.4) is 0 Å². The lowest BCUT2D eigenvalue weighted by Crippen LogP contribution is -2.47. The molecule has 8 heteroatoms. The van der Waals surface area contributed by atoms with Crippen molar-refractivity contribution in [1.29, 1.82) is 0 Å². The van der Waals surface area contributed by atoms with Crippen LogP contribution < -0.4 is 4.90 Å². The smallest absolute Gasteiger partial charge is 0.217 e. The lowest BCUT2D eigenvalue weighted by atomic mass is 9.96. The number of hydrogen-bond donors (Lipinski definition) is 0. The number of nitrogens with zero attached hydrogens (tertiary/aromatic N) is 6. The molecule has 0 bridgehead atoms. The van der Waals surface area contributed by atoms with Crippen molar-refractivity contribution in [3.63, 3.8) is 0 Å². The van der Waals surface area contributed by atoms with E-state index in [1.165, 1.54) is 37.8 Å². The van der Waals surface area contributed by atoms with Crippen molar-refractivity contribution < 1.29 is 0 Å². The number of hydrogen-bond acceptors (Lipinski definition) is 5. The van der Waals surface area contributed by atoms with Gasteiger partial charge in [0.15, 0.2) is 0 Å². The van der Waals surface area contributed by atoms with Crippen molar-refractivity contribution in [2.75, 3.05) is 31.1 Å². The summed E-state index contributed by atoms with van der Waals surface area (Å²) in [6.45, 7) is 4.62. The molecular formula is C18H25ClN6S. The topological polar surface area (TPSA) is 42.1 Å². The summed E-state index contributed by atoms with van der Waals surface area (Å²) >= 11 is 11.8. The van der Waals surface area contributed by atoms with Gasteiger partial charge in [0.25, 0.3) is 0 Å². The first kappa shape index (κ1) is 17.9. The first-order valence-corrected chi connectivity index (χ1v) is 10.2. The third-order valence-electron chi connectivity index (χ3n) is 5.46. The Labute approximate surface area is 164 Å². The molecule has 1 saturated heterocycles. The average molecular weight is 393 g/mol. The van der Waals surface area contributed by atoms with Gasteiger partial charge >= 0.3 is 0 Å². The Morgan fingerprint density at radius 2 is 1.81 bits per heavy atom. The van der Waals surface area contributed by atoms with Crippen molar-refractivity contribution in [1.82, 2.24) is 24.7 Å². The van der Waals surface area contributed by atoms with Crippen LogP contribution in [0.4, 0.5) is 5.69 Å². The van der Waals surface area contributed by atoms with E-state index < -0.39 is 0 Å². The normalized spacial score (nSPS) is 19.8. The second-order valence-corrected chi connectivity index (χ2v) is 8.03. The second kappa shape index (κ2) is 8.06. The van der Waals surface area contributed by atoms with Gasteiger partial charge in [-0.15, -0.1) is 0 Å². The summed E-state index contributed by atoms with van der Waals surface area (Å²) in [7, 11) is 0. The highest BCUT2D eigenvalue weighted by atomic mass is 35.5. The van der Waals surface area contributed by atoms with Crippen LogP contribution in [0.25, 0.3) is 0 Å². The molecular weight excluding hydrogens is 368 g/mol. The largest absolute Gasteiger partial charge is 0.369 e. The van der Waals surface area contributed by atoms with Crippen molar-refractivity contribution in [3.05, 3.63) is 34.1 Å². The molecule has 6 nitrogen and oxygen atoms in total. The third-order valence-corrected chi connectivity index (χ3v) is 6.09. The quantitative estimate of drug-likeness (QED) is 0.741. The molecule has 26 heavy (non-hydrogen) atoms.